The van der Waals surface area contributed by atoms with Gasteiger partial charge in [-0.05, 0) is 68.3 Å². The van der Waals surface area contributed by atoms with Crippen molar-refractivity contribution in [1.82, 2.24) is 0 Å². The first-order valence-corrected chi connectivity index (χ1v) is 15.2. The summed E-state index contributed by atoms with van der Waals surface area (Å²) in [6.45, 7) is 7.15. The van der Waals surface area contributed by atoms with Crippen molar-refractivity contribution in [2.24, 2.45) is 0 Å². The molecule has 0 bridgehead atoms. The molecule has 2 unspecified atom stereocenters. The van der Waals surface area contributed by atoms with Crippen molar-refractivity contribution in [3.8, 4) is 0 Å². The van der Waals surface area contributed by atoms with Crippen molar-refractivity contribution in [3.05, 3.63) is 0 Å². The molecule has 3 heteroatoms. The predicted octanol–water partition coefficient (Wildman–Crippen LogP) is 6.85. The van der Waals surface area contributed by atoms with Crippen molar-refractivity contribution >= 4 is 23.8 Å². The SMILES string of the molecule is CCCCCP1CCP(CC)CCP(CCCCC)CC1. The van der Waals surface area contributed by atoms with Gasteiger partial charge in [0.25, 0.3) is 0 Å². The Bertz CT molecular complexity index is 211. The Labute approximate surface area is 138 Å². The second-order valence-corrected chi connectivity index (χ2v) is 14.8. The molecule has 0 aromatic rings. The van der Waals surface area contributed by atoms with Gasteiger partial charge in [0.1, 0.15) is 0 Å². The van der Waals surface area contributed by atoms with E-state index >= 15 is 0 Å². The van der Waals surface area contributed by atoms with Crippen LogP contribution in [0, 0.1) is 0 Å². The fourth-order valence-corrected chi connectivity index (χ4v) is 13.4. The molecule has 0 saturated carbocycles. The maximum atomic E-state index is 2.46. The summed E-state index contributed by atoms with van der Waals surface area (Å²) in [6.07, 6.45) is 23.3. The molecule has 0 aliphatic carbocycles. The van der Waals surface area contributed by atoms with Crippen LogP contribution in [-0.2, 0) is 0 Å². The monoisotopic (exact) mass is 348 g/mol. The lowest BCUT2D eigenvalue weighted by molar-refractivity contribution is 0.774. The summed E-state index contributed by atoms with van der Waals surface area (Å²) in [5, 5.41) is 0. The largest absolute Gasteiger partial charge is 0.106 e. The van der Waals surface area contributed by atoms with Gasteiger partial charge in [0.05, 0.1) is 0 Å². The van der Waals surface area contributed by atoms with E-state index in [1.807, 2.05) is 0 Å². The van der Waals surface area contributed by atoms with Crippen LogP contribution < -0.4 is 0 Å². The summed E-state index contributed by atoms with van der Waals surface area (Å²) >= 11 is 0. The molecular weight excluding hydrogens is 309 g/mol. The Morgan fingerprint density at radius 2 is 0.905 bits per heavy atom. The minimum Gasteiger partial charge on any atom is -0.106 e. The molecule has 1 aliphatic heterocycles. The Hall–Kier alpha value is 1.29. The number of unbranched alkanes of at least 4 members (excludes halogenated alkanes) is 4. The van der Waals surface area contributed by atoms with Gasteiger partial charge in [0.15, 0.2) is 0 Å². The Kier molecular flexibility index (Phi) is 13.3. The average molecular weight is 348 g/mol. The minimum absolute atomic E-state index is 0.411. The van der Waals surface area contributed by atoms with Gasteiger partial charge < -0.3 is 0 Å². The normalized spacial score (nSPS) is 27.9. The van der Waals surface area contributed by atoms with E-state index in [0.717, 1.165) is 0 Å². The highest BCUT2D eigenvalue weighted by atomic mass is 31.1. The van der Waals surface area contributed by atoms with Crippen LogP contribution in [0.15, 0.2) is 0 Å². The van der Waals surface area contributed by atoms with E-state index in [1.54, 1.807) is 49.3 Å². The van der Waals surface area contributed by atoms with Gasteiger partial charge in [-0.3, -0.25) is 0 Å². The maximum Gasteiger partial charge on any atom is -0.0286 e. The average Bonchev–Trinajstić information content (AvgIpc) is 2.59. The predicted molar refractivity (Wildman–Crippen MR) is 109 cm³/mol. The minimum atomic E-state index is 0.411. The molecule has 0 spiro atoms. The van der Waals surface area contributed by atoms with Gasteiger partial charge in [-0.1, -0.05) is 46.5 Å². The molecule has 0 aromatic heterocycles. The molecule has 1 rings (SSSR count). The fraction of sp³-hybridized carbons (Fsp3) is 1.00. The van der Waals surface area contributed by atoms with Crippen LogP contribution >= 0.6 is 23.8 Å². The maximum absolute atomic E-state index is 2.46. The third-order valence-corrected chi connectivity index (χ3v) is 13.8. The van der Waals surface area contributed by atoms with E-state index in [4.69, 9.17) is 0 Å². The van der Waals surface area contributed by atoms with Crippen LogP contribution in [0.3, 0.4) is 0 Å². The molecule has 2 atom stereocenters. The van der Waals surface area contributed by atoms with Crippen LogP contribution in [0.5, 0.6) is 0 Å². The second kappa shape index (κ2) is 13.7. The molecule has 1 heterocycles. The number of rotatable bonds is 9. The first kappa shape index (κ1) is 20.3. The summed E-state index contributed by atoms with van der Waals surface area (Å²) in [4.78, 5) is 0. The molecule has 126 valence electrons. The molecule has 0 amide bonds. The van der Waals surface area contributed by atoms with Crippen molar-refractivity contribution < 1.29 is 0 Å². The summed E-state index contributed by atoms with van der Waals surface area (Å²) in [6, 6.07) is 0. The van der Waals surface area contributed by atoms with Gasteiger partial charge in [0.2, 0.25) is 0 Å². The molecule has 1 fully saturated rings. The van der Waals surface area contributed by atoms with E-state index in [0.29, 0.717) is 23.8 Å². The van der Waals surface area contributed by atoms with Crippen LogP contribution in [-0.4, -0.2) is 55.5 Å². The van der Waals surface area contributed by atoms with Gasteiger partial charge in [-0.2, -0.15) is 0 Å². The quantitative estimate of drug-likeness (QED) is 0.316. The Balaban J connectivity index is 2.42. The fourth-order valence-electron chi connectivity index (χ4n) is 3.12. The summed E-state index contributed by atoms with van der Waals surface area (Å²) in [5.41, 5.74) is 0. The van der Waals surface area contributed by atoms with Crippen molar-refractivity contribution in [2.75, 3.05) is 55.5 Å². The lowest BCUT2D eigenvalue weighted by atomic mass is 10.3. The first-order chi connectivity index (χ1) is 10.3. The van der Waals surface area contributed by atoms with Crippen LogP contribution in [0.1, 0.15) is 59.3 Å². The van der Waals surface area contributed by atoms with Crippen LogP contribution in [0.4, 0.5) is 0 Å². The zero-order valence-corrected chi connectivity index (χ0v) is 17.6. The molecule has 0 nitrogen and oxygen atoms in total. The highest BCUT2D eigenvalue weighted by Gasteiger charge is 2.18. The highest BCUT2D eigenvalue weighted by Crippen LogP contribution is 2.51. The Morgan fingerprint density at radius 1 is 0.524 bits per heavy atom. The first-order valence-electron chi connectivity index (χ1n) is 9.47. The van der Waals surface area contributed by atoms with Crippen molar-refractivity contribution in [3.63, 3.8) is 0 Å². The molecular formula is C18H39P3. The van der Waals surface area contributed by atoms with E-state index in [1.165, 1.54) is 44.7 Å². The molecule has 1 saturated heterocycles. The standard InChI is InChI=1S/C18H39P3/c1-4-7-9-11-20-15-13-19(6-3)14-16-21(18-17-20)12-10-8-5-2/h4-18H2,1-3H3. The van der Waals surface area contributed by atoms with E-state index < -0.39 is 0 Å². The van der Waals surface area contributed by atoms with E-state index in [9.17, 15) is 0 Å². The van der Waals surface area contributed by atoms with Gasteiger partial charge >= 0.3 is 0 Å². The molecule has 0 aromatic carbocycles. The van der Waals surface area contributed by atoms with Crippen LogP contribution in [0.2, 0.25) is 0 Å². The third kappa shape index (κ3) is 9.90. The summed E-state index contributed by atoms with van der Waals surface area (Å²) in [7, 11) is 1.23. The summed E-state index contributed by atoms with van der Waals surface area (Å²) < 4.78 is 0. The van der Waals surface area contributed by atoms with Crippen LogP contribution in [0.25, 0.3) is 0 Å². The smallest absolute Gasteiger partial charge is 0.0286 e. The molecule has 0 N–H and O–H groups in total. The third-order valence-electron chi connectivity index (χ3n) is 4.80. The molecule has 0 radical (unpaired) electrons. The lowest BCUT2D eigenvalue weighted by Gasteiger charge is -2.20. The van der Waals surface area contributed by atoms with E-state index in [2.05, 4.69) is 20.8 Å². The van der Waals surface area contributed by atoms with Crippen molar-refractivity contribution in [2.45, 2.75) is 59.3 Å². The van der Waals surface area contributed by atoms with Gasteiger partial charge in [-0.25, -0.2) is 0 Å². The molecule has 21 heavy (non-hydrogen) atoms. The van der Waals surface area contributed by atoms with Crippen molar-refractivity contribution in [1.29, 1.82) is 0 Å². The Morgan fingerprint density at radius 3 is 1.24 bits per heavy atom. The number of hydrogen-bond acceptors (Lipinski definition) is 0. The van der Waals surface area contributed by atoms with E-state index in [-0.39, 0.29) is 0 Å². The topological polar surface area (TPSA) is 0 Å². The van der Waals surface area contributed by atoms with Gasteiger partial charge in [0, 0.05) is 0 Å². The zero-order valence-electron chi connectivity index (χ0n) is 14.9. The molecule has 1 aliphatic rings. The summed E-state index contributed by atoms with van der Waals surface area (Å²) in [5.74, 6) is 0. The zero-order chi connectivity index (χ0) is 15.3. The second-order valence-electron chi connectivity index (χ2n) is 6.53. The van der Waals surface area contributed by atoms with Gasteiger partial charge in [-0.15, -0.1) is 23.8 Å². The number of hydrogen-bond donors (Lipinski definition) is 0. The lowest BCUT2D eigenvalue weighted by Crippen LogP contribution is -2.02. The highest BCUT2D eigenvalue weighted by molar-refractivity contribution is 7.65.